The predicted molar refractivity (Wildman–Crippen MR) is 160 cm³/mol. The summed E-state index contributed by atoms with van der Waals surface area (Å²) >= 11 is 1.40. The van der Waals surface area contributed by atoms with Gasteiger partial charge in [-0.25, -0.2) is 19.9 Å². The minimum absolute atomic E-state index is 0.0255. The third-order valence-electron chi connectivity index (χ3n) is 6.43. The lowest BCUT2D eigenvalue weighted by Gasteiger charge is -2.20. The number of carbonyl (C=O) groups excluding carboxylic acids is 1. The van der Waals surface area contributed by atoms with Crippen LogP contribution in [0, 0.1) is 11.8 Å². The molecule has 4 aromatic heterocycles. The average Bonchev–Trinajstić information content (AvgIpc) is 3.68. The second-order valence-electron chi connectivity index (χ2n) is 9.36. The van der Waals surface area contributed by atoms with E-state index in [0.29, 0.717) is 39.4 Å². The zero-order valence-corrected chi connectivity index (χ0v) is 23.3. The highest BCUT2D eigenvalue weighted by molar-refractivity contribution is 7.07. The van der Waals surface area contributed by atoms with Gasteiger partial charge in [-0.3, -0.25) is 18.8 Å². The number of fused-ring (bicyclic) bond motifs is 1. The second kappa shape index (κ2) is 11.1. The summed E-state index contributed by atoms with van der Waals surface area (Å²) < 4.78 is 3.15. The summed E-state index contributed by atoms with van der Waals surface area (Å²) in [6.45, 7) is 1.74. The van der Waals surface area contributed by atoms with Crippen LogP contribution in [-0.2, 0) is 7.05 Å². The highest BCUT2D eigenvalue weighted by Gasteiger charge is 2.23. The van der Waals surface area contributed by atoms with Crippen LogP contribution in [0.15, 0.2) is 82.8 Å². The Kier molecular flexibility index (Phi) is 7.00. The van der Waals surface area contributed by atoms with E-state index in [2.05, 4.69) is 37.2 Å². The van der Waals surface area contributed by atoms with Crippen LogP contribution in [0.5, 0.6) is 0 Å². The number of nitrogens with one attached hydrogen (secondary N) is 1. The number of anilines is 1. The zero-order chi connectivity index (χ0) is 29.2. The second-order valence-corrected chi connectivity index (χ2v) is 10.1. The van der Waals surface area contributed by atoms with Gasteiger partial charge in [0, 0.05) is 24.2 Å². The molecule has 0 fully saturated rings. The molecule has 6 aromatic rings. The smallest absolute Gasteiger partial charge is 0.274 e. The molecule has 0 saturated carbocycles. The summed E-state index contributed by atoms with van der Waals surface area (Å²) in [5.41, 5.74) is 10.6. The number of rotatable bonds is 5. The molecule has 0 spiro atoms. The van der Waals surface area contributed by atoms with Crippen molar-refractivity contribution < 1.29 is 4.79 Å². The Morgan fingerprint density at radius 1 is 1.02 bits per heavy atom. The van der Waals surface area contributed by atoms with Gasteiger partial charge in [-0.15, -0.1) is 11.3 Å². The number of hydrogen-bond donors (Lipinski definition) is 2. The quantitative estimate of drug-likeness (QED) is 0.298. The molecule has 0 radical (unpaired) electrons. The first-order valence-corrected chi connectivity index (χ1v) is 13.8. The lowest BCUT2D eigenvalue weighted by Crippen LogP contribution is -2.34. The van der Waals surface area contributed by atoms with Crippen LogP contribution in [-0.4, -0.2) is 40.2 Å². The minimum Gasteiger partial charge on any atom is -0.382 e. The molecule has 0 saturated heterocycles. The monoisotopic (exact) mass is 573 g/mol. The molecule has 11 nitrogen and oxygen atoms in total. The Balaban J connectivity index is 1.44. The third-order valence-corrected chi connectivity index (χ3v) is 7.02. The summed E-state index contributed by atoms with van der Waals surface area (Å²) in [5, 5.41) is 9.21. The highest BCUT2D eigenvalue weighted by Crippen LogP contribution is 2.22. The van der Waals surface area contributed by atoms with Crippen LogP contribution < -0.4 is 16.6 Å². The summed E-state index contributed by atoms with van der Waals surface area (Å²) in [6, 6.07) is 13.7. The average molecular weight is 574 g/mol. The summed E-state index contributed by atoms with van der Waals surface area (Å²) in [5.74, 6) is 5.91. The van der Waals surface area contributed by atoms with E-state index in [0.717, 1.165) is 5.56 Å². The van der Waals surface area contributed by atoms with Crippen molar-refractivity contribution >= 4 is 34.0 Å². The molecular formula is C30H23N9O2S. The Morgan fingerprint density at radius 2 is 1.86 bits per heavy atom. The summed E-state index contributed by atoms with van der Waals surface area (Å²) in [7, 11) is 1.81. The normalized spacial score (nSPS) is 11.6. The number of carbonyl (C=O) groups is 1. The van der Waals surface area contributed by atoms with E-state index in [-0.39, 0.29) is 17.1 Å². The number of aryl methyl sites for hydroxylation is 1. The number of nitrogens with two attached hydrogens (primary N) is 1. The van der Waals surface area contributed by atoms with Crippen molar-refractivity contribution in [2.75, 3.05) is 5.73 Å². The van der Waals surface area contributed by atoms with E-state index in [1.165, 1.54) is 22.1 Å². The first-order chi connectivity index (χ1) is 20.4. The number of hydrogen-bond acceptors (Lipinski definition) is 9. The van der Waals surface area contributed by atoms with Gasteiger partial charge in [-0.2, -0.15) is 5.10 Å². The van der Waals surface area contributed by atoms with E-state index < -0.39 is 11.9 Å². The molecule has 0 bridgehead atoms. The molecule has 6 rings (SSSR count). The maximum Gasteiger partial charge on any atom is 0.274 e. The topological polar surface area (TPSA) is 146 Å². The Hall–Kier alpha value is -5.67. The maximum atomic E-state index is 14.2. The maximum absolute atomic E-state index is 14.2. The van der Waals surface area contributed by atoms with Crippen molar-refractivity contribution in [3.05, 3.63) is 111 Å². The number of aromatic nitrogens is 7. The first kappa shape index (κ1) is 26.5. The van der Waals surface area contributed by atoms with Gasteiger partial charge in [0.05, 0.1) is 46.1 Å². The fraction of sp³-hybridized carbons (Fsp3) is 0.100. The largest absolute Gasteiger partial charge is 0.382 e. The van der Waals surface area contributed by atoms with Gasteiger partial charge in [0.1, 0.15) is 17.2 Å². The molecule has 1 amide bonds. The van der Waals surface area contributed by atoms with Crippen LogP contribution in [0.3, 0.4) is 0 Å². The van der Waals surface area contributed by atoms with E-state index in [1.54, 1.807) is 65.2 Å². The van der Waals surface area contributed by atoms with Crippen molar-refractivity contribution in [3.8, 4) is 28.9 Å². The van der Waals surface area contributed by atoms with Gasteiger partial charge in [0.15, 0.2) is 11.5 Å². The molecule has 42 heavy (non-hydrogen) atoms. The third kappa shape index (κ3) is 5.12. The first-order valence-electron chi connectivity index (χ1n) is 12.8. The number of benzene rings is 2. The molecule has 3 N–H and O–H groups in total. The number of para-hydroxylation sites is 1. The summed E-state index contributed by atoms with van der Waals surface area (Å²) in [4.78, 5) is 45.2. The van der Waals surface area contributed by atoms with Crippen molar-refractivity contribution in [2.45, 2.75) is 13.0 Å². The lowest BCUT2D eigenvalue weighted by molar-refractivity contribution is 0.0933. The van der Waals surface area contributed by atoms with Crippen molar-refractivity contribution in [1.82, 2.24) is 39.6 Å². The van der Waals surface area contributed by atoms with Gasteiger partial charge in [0.2, 0.25) is 0 Å². The molecule has 0 aliphatic carbocycles. The predicted octanol–water partition coefficient (Wildman–Crippen LogP) is 3.51. The zero-order valence-electron chi connectivity index (χ0n) is 22.5. The molecule has 0 unspecified atom stereocenters. The van der Waals surface area contributed by atoms with Gasteiger partial charge < -0.3 is 11.1 Å². The van der Waals surface area contributed by atoms with Crippen LogP contribution in [0.4, 0.5) is 5.82 Å². The lowest BCUT2D eigenvalue weighted by atomic mass is 10.1. The van der Waals surface area contributed by atoms with Gasteiger partial charge in [-0.05, 0) is 31.2 Å². The highest BCUT2D eigenvalue weighted by atomic mass is 32.1. The summed E-state index contributed by atoms with van der Waals surface area (Å²) in [6.07, 6.45) is 4.92. The number of nitrogens with zero attached hydrogens (tertiary/aromatic N) is 7. The van der Waals surface area contributed by atoms with Crippen LogP contribution >= 0.6 is 11.3 Å². The fourth-order valence-corrected chi connectivity index (χ4v) is 5.00. The molecule has 12 heteroatoms. The van der Waals surface area contributed by atoms with Gasteiger partial charge >= 0.3 is 0 Å². The number of amides is 1. The van der Waals surface area contributed by atoms with E-state index >= 15 is 0 Å². The minimum atomic E-state index is -0.718. The van der Waals surface area contributed by atoms with Crippen LogP contribution in [0.25, 0.3) is 28.0 Å². The molecule has 206 valence electrons. The Labute approximate surface area is 243 Å². The van der Waals surface area contributed by atoms with Crippen LogP contribution in [0.2, 0.25) is 0 Å². The molecule has 2 aromatic carbocycles. The molecule has 1 atom stereocenters. The van der Waals surface area contributed by atoms with E-state index in [4.69, 9.17) is 10.7 Å². The molecule has 0 aliphatic rings. The number of nitrogen functional groups attached to an aromatic ring is 1. The molecular weight excluding hydrogens is 550 g/mol. The van der Waals surface area contributed by atoms with Crippen LogP contribution in [0.1, 0.15) is 40.4 Å². The Bertz CT molecular complexity index is 2060. The molecule has 4 heterocycles. The number of thiazole rings is 1. The van der Waals surface area contributed by atoms with Crippen molar-refractivity contribution in [1.29, 1.82) is 0 Å². The molecule has 0 aliphatic heterocycles. The van der Waals surface area contributed by atoms with E-state index in [1.807, 2.05) is 25.2 Å². The van der Waals surface area contributed by atoms with Gasteiger partial charge in [-0.1, -0.05) is 36.1 Å². The van der Waals surface area contributed by atoms with Gasteiger partial charge in [0.25, 0.3) is 11.5 Å². The van der Waals surface area contributed by atoms with Crippen molar-refractivity contribution in [2.24, 2.45) is 7.05 Å². The Morgan fingerprint density at radius 3 is 2.60 bits per heavy atom. The van der Waals surface area contributed by atoms with E-state index in [9.17, 15) is 9.59 Å². The standard InChI is InChI=1S/C30H23N9O2S/c1-18(35-29(40)26-27(31)32-14-23(36-26)24-16-42-17-33-24)28-37-22-10-6-7-20(12-11-19-13-34-38(2)15-19)25(22)30(41)39(28)21-8-4-3-5-9-21/h3-10,13-18H,1-2H3,(H2,31,32)(H,35,40)/t18-/m0/s1. The van der Waals surface area contributed by atoms with Crippen molar-refractivity contribution in [3.63, 3.8) is 0 Å². The SMILES string of the molecule is C[C@H](NC(=O)c1nc(-c2cscn2)cnc1N)c1nc2cccc(C#Cc3cnn(C)c3)c2c(=O)n1-c1ccccc1. The fourth-order valence-electron chi connectivity index (χ4n) is 4.45.